The summed E-state index contributed by atoms with van der Waals surface area (Å²) in [4.78, 5) is 41.6. The van der Waals surface area contributed by atoms with Crippen LogP contribution in [0.3, 0.4) is 0 Å². The van der Waals surface area contributed by atoms with Gasteiger partial charge in [-0.05, 0) is 75.1 Å². The summed E-state index contributed by atoms with van der Waals surface area (Å²) in [5, 5.41) is 5.72. The van der Waals surface area contributed by atoms with Crippen molar-refractivity contribution in [3.8, 4) is 0 Å². The van der Waals surface area contributed by atoms with E-state index in [0.717, 1.165) is 42.9 Å². The number of amides is 4. The highest BCUT2D eigenvalue weighted by molar-refractivity contribution is 6.10. The van der Waals surface area contributed by atoms with E-state index in [1.807, 2.05) is 24.3 Å². The first kappa shape index (κ1) is 24.1. The van der Waals surface area contributed by atoms with Crippen LogP contribution in [-0.2, 0) is 9.59 Å². The lowest BCUT2D eigenvalue weighted by Crippen LogP contribution is -2.51. The van der Waals surface area contributed by atoms with E-state index < -0.39 is 11.6 Å². The van der Waals surface area contributed by atoms with E-state index in [0.29, 0.717) is 24.4 Å². The van der Waals surface area contributed by atoms with Crippen LogP contribution in [-0.4, -0.2) is 47.9 Å². The maximum Gasteiger partial charge on any atom is 0.325 e. The molecule has 1 aliphatic carbocycles. The summed E-state index contributed by atoms with van der Waals surface area (Å²) < 4.78 is 0. The molecule has 3 rings (SSSR count). The molecule has 2 fully saturated rings. The molecule has 0 radical (unpaired) electrons. The van der Waals surface area contributed by atoms with E-state index in [1.54, 1.807) is 0 Å². The lowest BCUT2D eigenvalue weighted by atomic mass is 9.65. The molecule has 176 valence electrons. The molecule has 1 aliphatic heterocycles. The van der Waals surface area contributed by atoms with Crippen LogP contribution in [0.2, 0.25) is 0 Å². The summed E-state index contributed by atoms with van der Waals surface area (Å²) in [5.74, 6) is -0.0938. The Morgan fingerprint density at radius 2 is 1.72 bits per heavy atom. The fourth-order valence-electron chi connectivity index (χ4n) is 5.03. The second kappa shape index (κ2) is 9.51. The quantitative estimate of drug-likeness (QED) is 0.585. The number of benzene rings is 1. The van der Waals surface area contributed by atoms with Crippen molar-refractivity contribution in [2.24, 2.45) is 11.3 Å². The largest absolute Gasteiger partial charge is 0.372 e. The molecule has 1 heterocycles. The summed E-state index contributed by atoms with van der Waals surface area (Å²) in [7, 11) is 0. The smallest absolute Gasteiger partial charge is 0.325 e. The molecule has 2 N–H and O–H groups in total. The van der Waals surface area contributed by atoms with Crippen LogP contribution < -0.4 is 15.5 Å². The zero-order valence-corrected chi connectivity index (χ0v) is 20.2. The first-order valence-corrected chi connectivity index (χ1v) is 11.9. The lowest BCUT2D eigenvalue weighted by Gasteiger charge is -2.42. The van der Waals surface area contributed by atoms with Crippen LogP contribution in [0.15, 0.2) is 24.3 Å². The van der Waals surface area contributed by atoms with E-state index in [2.05, 4.69) is 50.2 Å². The maximum atomic E-state index is 13.1. The molecule has 0 atom stereocenters. The van der Waals surface area contributed by atoms with E-state index in [1.165, 1.54) is 0 Å². The predicted molar refractivity (Wildman–Crippen MR) is 128 cm³/mol. The van der Waals surface area contributed by atoms with E-state index >= 15 is 0 Å². The van der Waals surface area contributed by atoms with Crippen molar-refractivity contribution in [2.75, 3.05) is 29.9 Å². The van der Waals surface area contributed by atoms with Crippen molar-refractivity contribution in [3.05, 3.63) is 24.3 Å². The van der Waals surface area contributed by atoms with Gasteiger partial charge in [-0.25, -0.2) is 4.79 Å². The molecule has 32 heavy (non-hydrogen) atoms. The van der Waals surface area contributed by atoms with Gasteiger partial charge < -0.3 is 15.5 Å². The number of carbonyl (C=O) groups excluding carboxylic acids is 3. The van der Waals surface area contributed by atoms with Crippen molar-refractivity contribution in [2.45, 2.75) is 72.3 Å². The standard InChI is InChI=1S/C25H38N4O3/c1-6-24(4,5)18-13-15-25(16-14-18)22(31)29(23(32)27-25)17-21(30)26-19-9-11-20(12-10-19)28(7-2)8-3/h9-12,18H,6-8,13-17H2,1-5H3,(H,26,30)(H,27,32). The molecule has 1 aromatic carbocycles. The summed E-state index contributed by atoms with van der Waals surface area (Å²) in [6.07, 6.45) is 4.18. The topological polar surface area (TPSA) is 81.8 Å². The summed E-state index contributed by atoms with van der Waals surface area (Å²) in [5.41, 5.74) is 1.12. The molecule has 4 amide bonds. The van der Waals surface area contributed by atoms with Gasteiger partial charge in [0.2, 0.25) is 5.91 Å². The second-order valence-corrected chi connectivity index (χ2v) is 9.79. The van der Waals surface area contributed by atoms with Crippen molar-refractivity contribution in [3.63, 3.8) is 0 Å². The summed E-state index contributed by atoms with van der Waals surface area (Å²) >= 11 is 0. The number of urea groups is 1. The summed E-state index contributed by atoms with van der Waals surface area (Å²) in [6, 6.07) is 7.14. The van der Waals surface area contributed by atoms with Crippen molar-refractivity contribution in [1.29, 1.82) is 0 Å². The van der Waals surface area contributed by atoms with Gasteiger partial charge in [0, 0.05) is 24.5 Å². The van der Waals surface area contributed by atoms with Gasteiger partial charge in [-0.3, -0.25) is 14.5 Å². The van der Waals surface area contributed by atoms with Gasteiger partial charge in [0.25, 0.3) is 5.91 Å². The summed E-state index contributed by atoms with van der Waals surface area (Å²) in [6.45, 7) is 12.5. The monoisotopic (exact) mass is 442 g/mol. The molecule has 2 aliphatic rings. The van der Waals surface area contributed by atoms with Crippen molar-refractivity contribution in [1.82, 2.24) is 10.2 Å². The van der Waals surface area contributed by atoms with E-state index in [4.69, 9.17) is 0 Å². The molecule has 0 bridgehead atoms. The Labute approximate surface area is 191 Å². The van der Waals surface area contributed by atoms with Gasteiger partial charge in [0.1, 0.15) is 12.1 Å². The number of imide groups is 1. The third-order valence-electron chi connectivity index (χ3n) is 7.68. The molecule has 1 aromatic rings. The van der Waals surface area contributed by atoms with Gasteiger partial charge >= 0.3 is 6.03 Å². The first-order valence-electron chi connectivity index (χ1n) is 11.9. The van der Waals surface area contributed by atoms with E-state index in [-0.39, 0.29) is 23.8 Å². The average molecular weight is 443 g/mol. The van der Waals surface area contributed by atoms with Gasteiger partial charge in [-0.2, -0.15) is 0 Å². The number of hydrogen-bond acceptors (Lipinski definition) is 4. The highest BCUT2D eigenvalue weighted by atomic mass is 16.2. The Bertz CT molecular complexity index is 837. The molecule has 0 aromatic heterocycles. The zero-order valence-electron chi connectivity index (χ0n) is 20.2. The van der Waals surface area contributed by atoms with Crippen LogP contribution >= 0.6 is 0 Å². The number of anilines is 2. The number of carbonyl (C=O) groups is 3. The Morgan fingerprint density at radius 3 is 2.25 bits per heavy atom. The van der Waals surface area contributed by atoms with Crippen LogP contribution in [0.5, 0.6) is 0 Å². The van der Waals surface area contributed by atoms with Crippen LogP contribution in [0.25, 0.3) is 0 Å². The molecule has 1 saturated carbocycles. The SMILES string of the molecule is CCN(CC)c1ccc(NC(=O)CN2C(=O)NC3(CCC(C(C)(C)CC)CC3)C2=O)cc1. The minimum Gasteiger partial charge on any atom is -0.372 e. The molecule has 1 spiro atoms. The number of nitrogens with zero attached hydrogens (tertiary/aromatic N) is 2. The number of hydrogen-bond donors (Lipinski definition) is 2. The van der Waals surface area contributed by atoms with E-state index in [9.17, 15) is 14.4 Å². The Hall–Kier alpha value is -2.57. The highest BCUT2D eigenvalue weighted by Crippen LogP contribution is 2.45. The first-order chi connectivity index (χ1) is 15.2. The number of nitrogens with one attached hydrogen (secondary N) is 2. The van der Waals surface area contributed by atoms with Crippen molar-refractivity contribution < 1.29 is 14.4 Å². The van der Waals surface area contributed by atoms with Gasteiger partial charge in [0.05, 0.1) is 0 Å². The van der Waals surface area contributed by atoms with Crippen LogP contribution in [0.1, 0.15) is 66.7 Å². The molecule has 1 saturated heterocycles. The fraction of sp³-hybridized carbons (Fsp3) is 0.640. The normalized spacial score (nSPS) is 23.4. The molecular weight excluding hydrogens is 404 g/mol. The Balaban J connectivity index is 1.59. The molecule has 7 heteroatoms. The van der Waals surface area contributed by atoms with Crippen molar-refractivity contribution >= 4 is 29.2 Å². The molecular formula is C25H38N4O3. The average Bonchev–Trinajstić information content (AvgIpc) is 3.00. The van der Waals surface area contributed by atoms with Crippen LogP contribution in [0, 0.1) is 11.3 Å². The van der Waals surface area contributed by atoms with Gasteiger partial charge in [0.15, 0.2) is 0 Å². The minimum atomic E-state index is -0.844. The van der Waals surface area contributed by atoms with Crippen LogP contribution in [0.4, 0.5) is 16.2 Å². The lowest BCUT2D eigenvalue weighted by molar-refractivity contribution is -0.135. The second-order valence-electron chi connectivity index (χ2n) is 9.79. The fourth-order valence-corrected chi connectivity index (χ4v) is 5.03. The highest BCUT2D eigenvalue weighted by Gasteiger charge is 2.53. The minimum absolute atomic E-state index is 0.230. The Kier molecular flexibility index (Phi) is 7.16. The van der Waals surface area contributed by atoms with Gasteiger partial charge in [-0.1, -0.05) is 27.2 Å². The molecule has 7 nitrogen and oxygen atoms in total. The predicted octanol–water partition coefficient (Wildman–Crippen LogP) is 4.39. The Morgan fingerprint density at radius 1 is 1.12 bits per heavy atom. The maximum absolute atomic E-state index is 13.1. The number of rotatable bonds is 8. The third kappa shape index (κ3) is 4.76. The zero-order chi connectivity index (χ0) is 23.5. The van der Waals surface area contributed by atoms with Gasteiger partial charge in [-0.15, -0.1) is 0 Å². The molecule has 0 unspecified atom stereocenters. The third-order valence-corrected chi connectivity index (χ3v) is 7.68.